The lowest BCUT2D eigenvalue weighted by molar-refractivity contribution is -0.132. The Morgan fingerprint density at radius 2 is 2.06 bits per heavy atom. The van der Waals surface area contributed by atoms with Crippen LogP contribution in [0.5, 0.6) is 5.75 Å². The molecule has 1 heterocycles. The van der Waals surface area contributed by atoms with Crippen molar-refractivity contribution in [1.29, 1.82) is 0 Å². The van der Waals surface area contributed by atoms with E-state index in [1.165, 1.54) is 0 Å². The molecular formula is C12H16N2O2. The van der Waals surface area contributed by atoms with Crippen LogP contribution in [0, 0.1) is 0 Å². The van der Waals surface area contributed by atoms with Gasteiger partial charge in [-0.25, -0.2) is 0 Å². The highest BCUT2D eigenvalue weighted by molar-refractivity contribution is 5.83. The van der Waals surface area contributed by atoms with Crippen LogP contribution >= 0.6 is 0 Å². The predicted molar refractivity (Wildman–Crippen MR) is 62.7 cm³/mol. The summed E-state index contributed by atoms with van der Waals surface area (Å²) in [6.45, 7) is 0.776. The number of amides is 1. The van der Waals surface area contributed by atoms with E-state index in [4.69, 9.17) is 4.74 Å². The van der Waals surface area contributed by atoms with Crippen LogP contribution in [0.1, 0.15) is 6.42 Å². The van der Waals surface area contributed by atoms with Gasteiger partial charge in [-0.05, 0) is 24.3 Å². The van der Waals surface area contributed by atoms with E-state index in [9.17, 15) is 4.79 Å². The maximum Gasteiger partial charge on any atom is 0.263 e. The normalized spacial score (nSPS) is 20.0. The molecule has 1 aliphatic rings. The highest BCUT2D eigenvalue weighted by Crippen LogP contribution is 2.20. The monoisotopic (exact) mass is 220 g/mol. The van der Waals surface area contributed by atoms with Crippen molar-refractivity contribution in [3.05, 3.63) is 24.3 Å². The zero-order chi connectivity index (χ0) is 11.5. The number of nitrogens with zero attached hydrogens (tertiary/aromatic N) is 1. The van der Waals surface area contributed by atoms with E-state index in [-0.39, 0.29) is 12.0 Å². The molecule has 1 aromatic carbocycles. The van der Waals surface area contributed by atoms with Gasteiger partial charge in [-0.15, -0.1) is 0 Å². The van der Waals surface area contributed by atoms with Crippen LogP contribution in [0.25, 0.3) is 0 Å². The first kappa shape index (κ1) is 10.8. The van der Waals surface area contributed by atoms with E-state index >= 15 is 0 Å². The summed E-state index contributed by atoms with van der Waals surface area (Å²) in [5, 5.41) is 3.03. The van der Waals surface area contributed by atoms with E-state index in [1.54, 1.807) is 11.9 Å². The molecule has 0 radical (unpaired) electrons. The largest absolute Gasteiger partial charge is 0.481 e. The fraction of sp³-hybridized carbons (Fsp3) is 0.417. The van der Waals surface area contributed by atoms with Crippen molar-refractivity contribution in [1.82, 2.24) is 4.90 Å². The van der Waals surface area contributed by atoms with Crippen LogP contribution in [-0.4, -0.2) is 37.6 Å². The lowest BCUT2D eigenvalue weighted by atomic mass is 10.3. The Labute approximate surface area is 95.2 Å². The smallest absolute Gasteiger partial charge is 0.263 e. The Morgan fingerprint density at radius 1 is 1.38 bits per heavy atom. The van der Waals surface area contributed by atoms with E-state index < -0.39 is 0 Å². The zero-order valence-corrected chi connectivity index (χ0v) is 9.56. The van der Waals surface area contributed by atoms with Gasteiger partial charge >= 0.3 is 0 Å². The molecule has 1 fully saturated rings. The molecule has 0 bridgehead atoms. The molecule has 0 aromatic heterocycles. The first-order chi connectivity index (χ1) is 7.70. The fourth-order valence-corrected chi connectivity index (χ4v) is 1.76. The summed E-state index contributed by atoms with van der Waals surface area (Å²) >= 11 is 0. The lowest BCUT2D eigenvalue weighted by Gasteiger charge is -2.13. The molecule has 0 saturated carbocycles. The molecule has 2 rings (SSSR count). The maximum absolute atomic E-state index is 11.6. The van der Waals surface area contributed by atoms with Gasteiger partial charge < -0.3 is 15.0 Å². The number of nitrogens with one attached hydrogen (secondary N) is 1. The average Bonchev–Trinajstić information content (AvgIpc) is 2.62. The first-order valence-corrected chi connectivity index (χ1v) is 5.40. The van der Waals surface area contributed by atoms with Crippen LogP contribution in [0.2, 0.25) is 0 Å². The minimum Gasteiger partial charge on any atom is -0.481 e. The van der Waals surface area contributed by atoms with Gasteiger partial charge in [0.15, 0.2) is 6.10 Å². The summed E-state index contributed by atoms with van der Waals surface area (Å²) in [4.78, 5) is 13.3. The van der Waals surface area contributed by atoms with E-state index in [1.807, 2.05) is 31.3 Å². The van der Waals surface area contributed by atoms with Crippen LogP contribution in [0.3, 0.4) is 0 Å². The molecule has 16 heavy (non-hydrogen) atoms. The number of carbonyl (C=O) groups excluding carboxylic acids is 1. The third-order valence-electron chi connectivity index (χ3n) is 2.80. The number of likely N-dealkylation sites (tertiary alicyclic amines) is 1. The van der Waals surface area contributed by atoms with Crippen LogP contribution in [-0.2, 0) is 4.79 Å². The molecule has 86 valence electrons. The van der Waals surface area contributed by atoms with Crippen molar-refractivity contribution in [2.45, 2.75) is 12.5 Å². The molecule has 1 amide bonds. The predicted octanol–water partition coefficient (Wildman–Crippen LogP) is 1.34. The standard InChI is InChI=1S/C12H16N2O2/c1-13-9-3-5-10(6-4-9)16-11-7-8-14(2)12(11)15/h3-6,11,13H,7-8H2,1-2H3. The number of anilines is 1. The summed E-state index contributed by atoms with van der Waals surface area (Å²) in [7, 11) is 3.67. The third-order valence-corrected chi connectivity index (χ3v) is 2.80. The minimum absolute atomic E-state index is 0.0673. The highest BCUT2D eigenvalue weighted by atomic mass is 16.5. The Balaban J connectivity index is 2.01. The molecule has 1 aliphatic heterocycles. The van der Waals surface area contributed by atoms with Gasteiger partial charge in [0.05, 0.1) is 0 Å². The van der Waals surface area contributed by atoms with Crippen molar-refractivity contribution in [3.8, 4) is 5.75 Å². The second-order valence-electron chi connectivity index (χ2n) is 3.93. The van der Waals surface area contributed by atoms with Gasteiger partial charge in [0.25, 0.3) is 5.91 Å². The van der Waals surface area contributed by atoms with Gasteiger partial charge in [-0.3, -0.25) is 4.79 Å². The molecule has 0 spiro atoms. The molecule has 1 aromatic rings. The maximum atomic E-state index is 11.6. The van der Waals surface area contributed by atoms with Crippen LogP contribution < -0.4 is 10.1 Å². The van der Waals surface area contributed by atoms with Crippen molar-refractivity contribution in [3.63, 3.8) is 0 Å². The Morgan fingerprint density at radius 3 is 2.56 bits per heavy atom. The Kier molecular flexibility index (Phi) is 2.99. The van der Waals surface area contributed by atoms with Gasteiger partial charge in [-0.2, -0.15) is 0 Å². The molecule has 1 atom stereocenters. The van der Waals surface area contributed by atoms with E-state index in [0.29, 0.717) is 0 Å². The minimum atomic E-state index is -0.314. The number of benzene rings is 1. The Hall–Kier alpha value is -1.71. The summed E-state index contributed by atoms with van der Waals surface area (Å²) in [5.41, 5.74) is 1.03. The molecule has 0 aliphatic carbocycles. The number of likely N-dealkylation sites (N-methyl/N-ethyl adjacent to an activating group) is 1. The Bertz CT molecular complexity index is 375. The first-order valence-electron chi connectivity index (χ1n) is 5.40. The molecule has 1 unspecified atom stereocenters. The highest BCUT2D eigenvalue weighted by Gasteiger charge is 2.30. The number of hydrogen-bond donors (Lipinski definition) is 1. The van der Waals surface area contributed by atoms with Crippen molar-refractivity contribution in [2.24, 2.45) is 0 Å². The van der Waals surface area contributed by atoms with Crippen LogP contribution in [0.4, 0.5) is 5.69 Å². The fourth-order valence-electron chi connectivity index (χ4n) is 1.76. The quantitative estimate of drug-likeness (QED) is 0.835. The van der Waals surface area contributed by atoms with Gasteiger partial charge in [0.2, 0.25) is 0 Å². The van der Waals surface area contributed by atoms with Gasteiger partial charge in [0, 0.05) is 32.7 Å². The van der Waals surface area contributed by atoms with E-state index in [0.717, 1.165) is 24.4 Å². The van der Waals surface area contributed by atoms with E-state index in [2.05, 4.69) is 5.32 Å². The third kappa shape index (κ3) is 2.10. The molecule has 4 nitrogen and oxygen atoms in total. The van der Waals surface area contributed by atoms with Crippen LogP contribution in [0.15, 0.2) is 24.3 Å². The molecule has 1 N–H and O–H groups in total. The van der Waals surface area contributed by atoms with Crippen molar-refractivity contribution in [2.75, 3.05) is 26.0 Å². The van der Waals surface area contributed by atoms with Crippen molar-refractivity contribution < 1.29 is 9.53 Å². The van der Waals surface area contributed by atoms with Gasteiger partial charge in [-0.1, -0.05) is 0 Å². The average molecular weight is 220 g/mol. The topological polar surface area (TPSA) is 41.6 Å². The van der Waals surface area contributed by atoms with Crippen molar-refractivity contribution >= 4 is 11.6 Å². The number of hydrogen-bond acceptors (Lipinski definition) is 3. The number of rotatable bonds is 3. The number of carbonyl (C=O) groups is 1. The summed E-state index contributed by atoms with van der Waals surface area (Å²) < 4.78 is 5.64. The summed E-state index contributed by atoms with van der Waals surface area (Å²) in [6, 6.07) is 7.60. The SMILES string of the molecule is CNc1ccc(OC2CCN(C)C2=O)cc1. The molecular weight excluding hydrogens is 204 g/mol. The van der Waals surface area contributed by atoms with Gasteiger partial charge in [0.1, 0.15) is 5.75 Å². The molecule has 4 heteroatoms. The summed E-state index contributed by atoms with van der Waals surface area (Å²) in [5.74, 6) is 0.811. The molecule has 1 saturated heterocycles. The summed E-state index contributed by atoms with van der Waals surface area (Å²) in [6.07, 6.45) is 0.453. The number of ether oxygens (including phenoxy) is 1. The zero-order valence-electron chi connectivity index (χ0n) is 9.56. The second kappa shape index (κ2) is 4.43. The lowest BCUT2D eigenvalue weighted by Crippen LogP contribution is -2.29. The second-order valence-corrected chi connectivity index (χ2v) is 3.93.